The van der Waals surface area contributed by atoms with E-state index in [9.17, 15) is 0 Å². The van der Waals surface area contributed by atoms with Crippen LogP contribution in [0, 0.1) is 5.92 Å². The van der Waals surface area contributed by atoms with Crippen LogP contribution in [-0.4, -0.2) is 35.2 Å². The zero-order valence-corrected chi connectivity index (χ0v) is 12.7. The van der Waals surface area contributed by atoms with Gasteiger partial charge in [0, 0.05) is 26.2 Å². The number of aromatic nitrogens is 2. The van der Waals surface area contributed by atoms with Crippen molar-refractivity contribution in [1.29, 1.82) is 0 Å². The topological polar surface area (TPSA) is 53.1 Å². The standard InChI is InChI=1S/C12H18ClN5S/c1-8-4-3-5-18(7-8)10-6-9(13)15-11(16-10)17-12(19)14-2/h6,8H,3-5,7H2,1-2H3,(H2,14,15,16,17,19)/t8-/m0/s1. The van der Waals surface area contributed by atoms with Crippen molar-refractivity contribution in [2.45, 2.75) is 19.8 Å². The van der Waals surface area contributed by atoms with Crippen LogP contribution < -0.4 is 15.5 Å². The number of hydrogen-bond donors (Lipinski definition) is 2. The van der Waals surface area contributed by atoms with Crippen LogP contribution in [0.1, 0.15) is 19.8 Å². The second-order valence-corrected chi connectivity index (χ2v) is 5.57. The predicted octanol–water partition coefficient (Wildman–Crippen LogP) is 2.28. The maximum atomic E-state index is 6.05. The van der Waals surface area contributed by atoms with Gasteiger partial charge in [-0.25, -0.2) is 4.98 Å². The number of nitrogens with one attached hydrogen (secondary N) is 2. The molecule has 0 amide bonds. The summed E-state index contributed by atoms with van der Waals surface area (Å²) in [6.07, 6.45) is 2.45. The third kappa shape index (κ3) is 3.91. The molecule has 1 aromatic heterocycles. The molecule has 19 heavy (non-hydrogen) atoms. The highest BCUT2D eigenvalue weighted by molar-refractivity contribution is 7.80. The van der Waals surface area contributed by atoms with Gasteiger partial charge in [0.25, 0.3) is 0 Å². The van der Waals surface area contributed by atoms with Gasteiger partial charge in [-0.2, -0.15) is 4.98 Å². The highest BCUT2D eigenvalue weighted by Crippen LogP contribution is 2.24. The van der Waals surface area contributed by atoms with Crippen molar-refractivity contribution >= 4 is 40.7 Å². The monoisotopic (exact) mass is 299 g/mol. The van der Waals surface area contributed by atoms with Crippen LogP contribution in [0.15, 0.2) is 6.07 Å². The van der Waals surface area contributed by atoms with Crippen LogP contribution in [0.5, 0.6) is 0 Å². The first-order valence-electron chi connectivity index (χ1n) is 6.36. The summed E-state index contributed by atoms with van der Waals surface area (Å²) in [6.45, 7) is 4.26. The molecule has 2 N–H and O–H groups in total. The molecule has 1 aliphatic rings. The molecule has 0 unspecified atom stereocenters. The summed E-state index contributed by atoms with van der Waals surface area (Å²) in [5.41, 5.74) is 0. The number of anilines is 2. The Morgan fingerprint density at radius 3 is 3.00 bits per heavy atom. The smallest absolute Gasteiger partial charge is 0.232 e. The molecule has 104 valence electrons. The number of thiocarbonyl (C=S) groups is 1. The van der Waals surface area contributed by atoms with Crippen LogP contribution in [0.25, 0.3) is 0 Å². The van der Waals surface area contributed by atoms with E-state index in [1.807, 2.05) is 0 Å². The second-order valence-electron chi connectivity index (χ2n) is 4.77. The molecule has 1 aromatic rings. The molecule has 1 aliphatic heterocycles. The van der Waals surface area contributed by atoms with Crippen molar-refractivity contribution in [3.63, 3.8) is 0 Å². The summed E-state index contributed by atoms with van der Waals surface area (Å²) < 4.78 is 0. The minimum absolute atomic E-state index is 0.421. The molecule has 2 rings (SSSR count). The summed E-state index contributed by atoms with van der Waals surface area (Å²) in [5.74, 6) is 1.96. The van der Waals surface area contributed by atoms with E-state index < -0.39 is 0 Å². The van der Waals surface area contributed by atoms with Crippen molar-refractivity contribution in [3.05, 3.63) is 11.2 Å². The fourth-order valence-electron chi connectivity index (χ4n) is 2.19. The first-order chi connectivity index (χ1) is 9.08. The fraction of sp³-hybridized carbons (Fsp3) is 0.583. The number of halogens is 1. The fourth-order valence-corrected chi connectivity index (χ4v) is 2.45. The molecule has 1 atom stereocenters. The third-order valence-electron chi connectivity index (χ3n) is 3.11. The molecule has 1 saturated heterocycles. The zero-order valence-electron chi connectivity index (χ0n) is 11.1. The lowest BCUT2D eigenvalue weighted by molar-refractivity contribution is 0.444. The van der Waals surface area contributed by atoms with Gasteiger partial charge in [-0.1, -0.05) is 18.5 Å². The minimum Gasteiger partial charge on any atom is -0.365 e. The average molecular weight is 300 g/mol. The predicted molar refractivity (Wildman–Crippen MR) is 82.9 cm³/mol. The number of piperidine rings is 1. The van der Waals surface area contributed by atoms with E-state index in [0.717, 1.165) is 18.9 Å². The molecule has 5 nitrogen and oxygen atoms in total. The van der Waals surface area contributed by atoms with Gasteiger partial charge in [0.1, 0.15) is 11.0 Å². The van der Waals surface area contributed by atoms with Gasteiger partial charge in [-0.15, -0.1) is 0 Å². The van der Waals surface area contributed by atoms with Crippen molar-refractivity contribution in [2.24, 2.45) is 5.92 Å². The largest absolute Gasteiger partial charge is 0.365 e. The molecule has 2 heterocycles. The Labute approximate surface area is 123 Å². The van der Waals surface area contributed by atoms with E-state index in [1.165, 1.54) is 12.8 Å². The third-order valence-corrected chi connectivity index (χ3v) is 3.61. The van der Waals surface area contributed by atoms with E-state index in [1.54, 1.807) is 13.1 Å². The molecule has 0 radical (unpaired) electrons. The Morgan fingerprint density at radius 2 is 2.32 bits per heavy atom. The number of rotatable bonds is 2. The van der Waals surface area contributed by atoms with Crippen LogP contribution in [0.3, 0.4) is 0 Å². The molecule has 0 spiro atoms. The number of nitrogens with zero attached hydrogens (tertiary/aromatic N) is 3. The van der Waals surface area contributed by atoms with E-state index in [-0.39, 0.29) is 0 Å². The Kier molecular flexibility index (Phi) is 4.76. The molecule has 0 aromatic carbocycles. The lowest BCUT2D eigenvalue weighted by atomic mass is 10.0. The lowest BCUT2D eigenvalue weighted by Crippen LogP contribution is -2.35. The van der Waals surface area contributed by atoms with Crippen molar-refractivity contribution in [3.8, 4) is 0 Å². The first kappa shape index (κ1) is 14.3. The summed E-state index contributed by atoms with van der Waals surface area (Å²) in [5, 5.41) is 6.63. The van der Waals surface area contributed by atoms with Crippen molar-refractivity contribution in [2.75, 3.05) is 30.4 Å². The van der Waals surface area contributed by atoms with E-state index in [4.69, 9.17) is 23.8 Å². The Morgan fingerprint density at radius 1 is 1.53 bits per heavy atom. The molecular weight excluding hydrogens is 282 g/mol. The van der Waals surface area contributed by atoms with Crippen LogP contribution in [0.2, 0.25) is 5.15 Å². The summed E-state index contributed by atoms with van der Waals surface area (Å²) in [4.78, 5) is 10.8. The summed E-state index contributed by atoms with van der Waals surface area (Å²) in [6, 6.07) is 1.80. The maximum Gasteiger partial charge on any atom is 0.232 e. The van der Waals surface area contributed by atoms with Crippen LogP contribution >= 0.6 is 23.8 Å². The van der Waals surface area contributed by atoms with Crippen molar-refractivity contribution < 1.29 is 0 Å². The lowest BCUT2D eigenvalue weighted by Gasteiger charge is -2.32. The first-order valence-corrected chi connectivity index (χ1v) is 7.15. The second kappa shape index (κ2) is 6.34. The zero-order chi connectivity index (χ0) is 13.8. The molecule has 7 heteroatoms. The molecule has 1 fully saturated rings. The Hall–Kier alpha value is -1.14. The molecule has 0 saturated carbocycles. The maximum absolute atomic E-state index is 6.05. The Bertz CT molecular complexity index is 467. The molecule has 0 aliphatic carbocycles. The van der Waals surface area contributed by atoms with E-state index in [0.29, 0.717) is 22.1 Å². The normalized spacial score (nSPS) is 19.1. The van der Waals surface area contributed by atoms with Crippen LogP contribution in [-0.2, 0) is 0 Å². The highest BCUT2D eigenvalue weighted by Gasteiger charge is 2.18. The summed E-state index contributed by atoms with van der Waals surface area (Å²) >= 11 is 11.1. The van der Waals surface area contributed by atoms with Gasteiger partial charge in [-0.3, -0.25) is 0 Å². The number of hydrogen-bond acceptors (Lipinski definition) is 4. The van der Waals surface area contributed by atoms with Gasteiger partial charge in [-0.05, 0) is 31.0 Å². The molecular formula is C12H18ClN5S. The average Bonchev–Trinajstić information content (AvgIpc) is 2.38. The van der Waals surface area contributed by atoms with E-state index in [2.05, 4.69) is 32.4 Å². The molecule has 0 bridgehead atoms. The minimum atomic E-state index is 0.421. The van der Waals surface area contributed by atoms with Gasteiger partial charge < -0.3 is 15.5 Å². The van der Waals surface area contributed by atoms with Gasteiger partial charge >= 0.3 is 0 Å². The van der Waals surface area contributed by atoms with Gasteiger partial charge in [0.2, 0.25) is 5.95 Å². The van der Waals surface area contributed by atoms with Gasteiger partial charge in [0.15, 0.2) is 5.11 Å². The van der Waals surface area contributed by atoms with E-state index >= 15 is 0 Å². The quantitative estimate of drug-likeness (QED) is 0.645. The Balaban J connectivity index is 2.18. The SMILES string of the molecule is CNC(=S)Nc1nc(Cl)cc(N2CCC[C@H](C)C2)n1. The van der Waals surface area contributed by atoms with Crippen molar-refractivity contribution in [1.82, 2.24) is 15.3 Å². The summed E-state index contributed by atoms with van der Waals surface area (Å²) in [7, 11) is 1.74. The van der Waals surface area contributed by atoms with Crippen LogP contribution in [0.4, 0.5) is 11.8 Å². The van der Waals surface area contributed by atoms with Gasteiger partial charge in [0.05, 0.1) is 0 Å². The highest BCUT2D eigenvalue weighted by atomic mass is 35.5.